The van der Waals surface area contributed by atoms with Crippen molar-refractivity contribution in [1.29, 1.82) is 0 Å². The molecule has 174 valence electrons. The van der Waals surface area contributed by atoms with Gasteiger partial charge in [0.05, 0.1) is 17.5 Å². The lowest BCUT2D eigenvalue weighted by atomic mass is 10.1. The molecule has 0 aromatic carbocycles. The Morgan fingerprint density at radius 2 is 2.09 bits per heavy atom. The first-order chi connectivity index (χ1) is 15.8. The summed E-state index contributed by atoms with van der Waals surface area (Å²) in [6.45, 7) is 2.78. The van der Waals surface area contributed by atoms with Crippen LogP contribution in [-0.4, -0.2) is 51.7 Å². The van der Waals surface area contributed by atoms with Gasteiger partial charge in [-0.25, -0.2) is 9.97 Å². The van der Waals surface area contributed by atoms with Gasteiger partial charge >= 0.3 is 0 Å². The molecule has 0 radical (unpaired) electrons. The summed E-state index contributed by atoms with van der Waals surface area (Å²) in [4.78, 5) is 34.1. The monoisotopic (exact) mass is 472 g/mol. The molecule has 1 atom stereocenters. The molecule has 0 fully saturated rings. The molecule has 11 nitrogen and oxygen atoms in total. The number of nitrogens with zero attached hydrogens (tertiary/aromatic N) is 6. The van der Waals surface area contributed by atoms with Gasteiger partial charge in [-0.2, -0.15) is 5.10 Å². The maximum atomic E-state index is 13.1. The number of aryl methyl sites for hydroxylation is 2. The normalized spacial score (nSPS) is 12.4. The maximum Gasteiger partial charge on any atom is 0.275 e. The number of carbonyl (C=O) groups excluding carboxylic acids is 1. The zero-order chi connectivity index (χ0) is 23.7. The number of aliphatic hydroxyl groups excluding tert-OH is 1. The largest absolute Gasteiger partial charge is 0.396 e. The molecule has 4 rings (SSSR count). The van der Waals surface area contributed by atoms with E-state index in [1.165, 1.54) is 23.0 Å². The van der Waals surface area contributed by atoms with Crippen LogP contribution in [0.25, 0.3) is 22.4 Å². The van der Waals surface area contributed by atoms with Gasteiger partial charge in [0, 0.05) is 39.0 Å². The standard InChI is InChI=1S/C21H25ClN8O3/c1-12(5-4-6-31)10-30-18-16(11-28(2)27-18)25-21(30)26-19(32)13-7-15(24-17(22)8-13)14-9-23-29(3)20(14)33/h7-9,11-12,23,31H,4-6,10H2,1-3H3,(H,25,26,32)/t12-/m1/s1. The first-order valence-electron chi connectivity index (χ1n) is 10.5. The number of hydrogen-bond acceptors (Lipinski definition) is 6. The number of nitrogens with one attached hydrogen (secondary N) is 2. The number of aliphatic hydroxyl groups is 1. The van der Waals surface area contributed by atoms with E-state index in [1.807, 2.05) is 11.6 Å². The van der Waals surface area contributed by atoms with E-state index in [2.05, 4.69) is 32.4 Å². The number of anilines is 1. The highest BCUT2D eigenvalue weighted by Gasteiger charge is 2.20. The van der Waals surface area contributed by atoms with Crippen molar-refractivity contribution < 1.29 is 9.90 Å². The molecule has 4 aromatic rings. The molecule has 3 N–H and O–H groups in total. The van der Waals surface area contributed by atoms with Gasteiger partial charge in [-0.05, 0) is 30.9 Å². The van der Waals surface area contributed by atoms with Crippen molar-refractivity contribution in [2.75, 3.05) is 11.9 Å². The second kappa shape index (κ2) is 9.20. The number of carbonyl (C=O) groups is 1. The Morgan fingerprint density at radius 3 is 2.79 bits per heavy atom. The Kier molecular flexibility index (Phi) is 6.34. The first kappa shape index (κ1) is 22.7. The Bertz CT molecular complexity index is 1370. The van der Waals surface area contributed by atoms with Gasteiger partial charge in [-0.3, -0.25) is 28.8 Å². The number of aromatic nitrogens is 7. The quantitative estimate of drug-likeness (QED) is 0.336. The van der Waals surface area contributed by atoms with E-state index in [0.29, 0.717) is 41.3 Å². The number of pyridine rings is 1. The molecule has 12 heteroatoms. The molecule has 0 unspecified atom stereocenters. The Morgan fingerprint density at radius 1 is 1.30 bits per heavy atom. The lowest BCUT2D eigenvalue weighted by molar-refractivity contribution is 0.102. The molecule has 4 aromatic heterocycles. The van der Waals surface area contributed by atoms with Crippen molar-refractivity contribution in [3.8, 4) is 11.3 Å². The third kappa shape index (κ3) is 4.69. The molecule has 0 aliphatic carbocycles. The molecule has 4 heterocycles. The van der Waals surface area contributed by atoms with Gasteiger partial charge in [0.25, 0.3) is 11.5 Å². The number of imidazole rings is 1. The fraction of sp³-hybridized carbons (Fsp3) is 0.381. The van der Waals surface area contributed by atoms with Crippen molar-refractivity contribution in [2.45, 2.75) is 26.3 Å². The fourth-order valence-corrected chi connectivity index (χ4v) is 3.92. The Labute approximate surface area is 194 Å². The average Bonchev–Trinajstić information content (AvgIpc) is 3.39. The smallest absolute Gasteiger partial charge is 0.275 e. The zero-order valence-corrected chi connectivity index (χ0v) is 19.3. The van der Waals surface area contributed by atoms with Crippen LogP contribution in [-0.2, 0) is 20.6 Å². The van der Waals surface area contributed by atoms with E-state index in [4.69, 9.17) is 16.7 Å². The summed E-state index contributed by atoms with van der Waals surface area (Å²) in [5.74, 6) is 0.161. The van der Waals surface area contributed by atoms with Gasteiger partial charge in [-0.15, -0.1) is 0 Å². The molecular weight excluding hydrogens is 448 g/mol. The third-order valence-electron chi connectivity index (χ3n) is 5.37. The van der Waals surface area contributed by atoms with Crippen molar-refractivity contribution in [3.63, 3.8) is 0 Å². The van der Waals surface area contributed by atoms with Crippen molar-refractivity contribution in [3.05, 3.63) is 45.6 Å². The van der Waals surface area contributed by atoms with Gasteiger partial charge in [-0.1, -0.05) is 18.5 Å². The predicted molar refractivity (Wildman–Crippen MR) is 124 cm³/mol. The van der Waals surface area contributed by atoms with E-state index in [-0.39, 0.29) is 28.8 Å². The molecule has 0 aliphatic heterocycles. The SMILES string of the molecule is C[C@H](CCCO)Cn1c(NC(=O)c2cc(Cl)nc(-c3c[nH]n(C)c3=O)c2)nc2cn(C)nc21. The summed E-state index contributed by atoms with van der Waals surface area (Å²) >= 11 is 6.15. The predicted octanol–water partition coefficient (Wildman–Crippen LogP) is 2.17. The maximum absolute atomic E-state index is 13.1. The fourth-order valence-electron chi connectivity index (χ4n) is 3.71. The van der Waals surface area contributed by atoms with E-state index in [9.17, 15) is 9.59 Å². The van der Waals surface area contributed by atoms with Crippen molar-refractivity contribution in [1.82, 2.24) is 34.1 Å². The third-order valence-corrected chi connectivity index (χ3v) is 5.57. The number of amides is 1. The van der Waals surface area contributed by atoms with E-state index in [1.54, 1.807) is 17.9 Å². The topological polar surface area (TPSA) is 136 Å². The van der Waals surface area contributed by atoms with Crippen molar-refractivity contribution >= 4 is 34.6 Å². The van der Waals surface area contributed by atoms with E-state index < -0.39 is 5.91 Å². The number of aromatic amines is 1. The van der Waals surface area contributed by atoms with Crippen LogP contribution < -0.4 is 10.9 Å². The second-order valence-corrected chi connectivity index (χ2v) is 8.49. The van der Waals surface area contributed by atoms with Gasteiger partial charge < -0.3 is 10.2 Å². The molecular formula is C21H25ClN8O3. The van der Waals surface area contributed by atoms with Crippen LogP contribution in [0.4, 0.5) is 5.95 Å². The van der Waals surface area contributed by atoms with Crippen molar-refractivity contribution in [2.24, 2.45) is 20.0 Å². The number of rotatable bonds is 8. The van der Waals surface area contributed by atoms with E-state index >= 15 is 0 Å². The van der Waals surface area contributed by atoms with Crippen LogP contribution in [0, 0.1) is 5.92 Å². The van der Waals surface area contributed by atoms with Crippen LogP contribution in [0.2, 0.25) is 5.15 Å². The number of fused-ring (bicyclic) bond motifs is 1. The lowest BCUT2D eigenvalue weighted by Gasteiger charge is -2.15. The minimum atomic E-state index is -0.436. The van der Waals surface area contributed by atoms with Crippen LogP contribution in [0.3, 0.4) is 0 Å². The summed E-state index contributed by atoms with van der Waals surface area (Å²) in [6.07, 6.45) is 4.82. The summed E-state index contributed by atoms with van der Waals surface area (Å²) < 4.78 is 4.84. The second-order valence-electron chi connectivity index (χ2n) is 8.10. The Hall–Kier alpha value is -3.44. The van der Waals surface area contributed by atoms with E-state index in [0.717, 1.165) is 6.42 Å². The average molecular weight is 473 g/mol. The molecule has 33 heavy (non-hydrogen) atoms. The minimum absolute atomic E-state index is 0.0920. The number of hydrogen-bond donors (Lipinski definition) is 3. The summed E-state index contributed by atoms with van der Waals surface area (Å²) in [5.41, 5.74) is 1.89. The van der Waals surface area contributed by atoms with Crippen LogP contribution >= 0.6 is 11.6 Å². The Balaban J connectivity index is 1.65. The van der Waals surface area contributed by atoms with Gasteiger partial charge in [0.2, 0.25) is 5.95 Å². The summed E-state index contributed by atoms with van der Waals surface area (Å²) in [5, 5.41) is 19.3. The molecule has 0 bridgehead atoms. The number of halogens is 1. The molecule has 0 spiro atoms. The molecule has 0 aliphatic rings. The van der Waals surface area contributed by atoms with Crippen LogP contribution in [0.15, 0.2) is 29.3 Å². The van der Waals surface area contributed by atoms with Gasteiger partial charge in [0.15, 0.2) is 5.65 Å². The highest BCUT2D eigenvalue weighted by atomic mass is 35.5. The minimum Gasteiger partial charge on any atom is -0.396 e. The lowest BCUT2D eigenvalue weighted by Crippen LogP contribution is -2.19. The van der Waals surface area contributed by atoms with Crippen LogP contribution in [0.5, 0.6) is 0 Å². The first-order valence-corrected chi connectivity index (χ1v) is 10.9. The summed E-state index contributed by atoms with van der Waals surface area (Å²) in [6, 6.07) is 2.95. The molecule has 1 amide bonds. The van der Waals surface area contributed by atoms with Crippen LogP contribution in [0.1, 0.15) is 30.1 Å². The highest BCUT2D eigenvalue weighted by Crippen LogP contribution is 2.23. The highest BCUT2D eigenvalue weighted by molar-refractivity contribution is 6.30. The summed E-state index contributed by atoms with van der Waals surface area (Å²) in [7, 11) is 3.40. The zero-order valence-electron chi connectivity index (χ0n) is 18.5. The van der Waals surface area contributed by atoms with Gasteiger partial charge in [0.1, 0.15) is 10.7 Å². The number of H-pyrrole nitrogens is 1. The molecule has 0 saturated heterocycles. The molecule has 0 saturated carbocycles.